The van der Waals surface area contributed by atoms with E-state index >= 15 is 0 Å². The Morgan fingerprint density at radius 1 is 1.56 bits per heavy atom. The number of amides is 1. The second-order valence-electron chi connectivity index (χ2n) is 4.20. The van der Waals surface area contributed by atoms with Gasteiger partial charge in [0.05, 0.1) is 11.6 Å². The number of aromatic hydroxyl groups is 1. The maximum Gasteiger partial charge on any atom is 0.228 e. The average Bonchev–Trinajstić information content (AvgIpc) is 2.76. The fourth-order valence-corrected chi connectivity index (χ4v) is 1.86. The molecule has 3 N–H and O–H groups in total. The first-order valence-electron chi connectivity index (χ1n) is 5.48. The molecule has 1 fully saturated rings. The molecule has 1 aromatic rings. The van der Waals surface area contributed by atoms with Crippen molar-refractivity contribution in [1.29, 1.82) is 0 Å². The van der Waals surface area contributed by atoms with E-state index < -0.39 is 0 Å². The summed E-state index contributed by atoms with van der Waals surface area (Å²) in [6.45, 7) is 3.53. The number of aryl methyl sites for hydroxylation is 1. The first-order chi connectivity index (χ1) is 7.66. The Balaban J connectivity index is 2.07. The number of nitrogens with one attached hydrogen (secondary N) is 2. The SMILES string of the molecule is Cc1ccc(O)c(NC(=O)C2CCNC2)c1. The zero-order chi connectivity index (χ0) is 11.5. The molecule has 0 aliphatic carbocycles. The van der Waals surface area contributed by atoms with Crippen LogP contribution in [0.4, 0.5) is 5.69 Å². The summed E-state index contributed by atoms with van der Waals surface area (Å²) in [5.41, 5.74) is 1.51. The number of carbonyl (C=O) groups is 1. The Morgan fingerprint density at radius 3 is 3.06 bits per heavy atom. The van der Waals surface area contributed by atoms with Crippen LogP contribution < -0.4 is 10.6 Å². The van der Waals surface area contributed by atoms with Gasteiger partial charge in [-0.25, -0.2) is 0 Å². The van der Waals surface area contributed by atoms with Crippen molar-refractivity contribution < 1.29 is 9.90 Å². The van der Waals surface area contributed by atoms with Crippen LogP contribution in [0.15, 0.2) is 18.2 Å². The highest BCUT2D eigenvalue weighted by Crippen LogP contribution is 2.24. The van der Waals surface area contributed by atoms with Crippen molar-refractivity contribution in [3.8, 4) is 5.75 Å². The van der Waals surface area contributed by atoms with Gasteiger partial charge in [-0.3, -0.25) is 4.79 Å². The van der Waals surface area contributed by atoms with Crippen LogP contribution >= 0.6 is 0 Å². The number of benzene rings is 1. The van der Waals surface area contributed by atoms with Crippen LogP contribution in [0.2, 0.25) is 0 Å². The van der Waals surface area contributed by atoms with Crippen LogP contribution in [0.25, 0.3) is 0 Å². The molecule has 0 bridgehead atoms. The van der Waals surface area contributed by atoms with Gasteiger partial charge in [0.1, 0.15) is 5.75 Å². The standard InChI is InChI=1S/C12H16N2O2/c1-8-2-3-11(15)10(6-8)14-12(16)9-4-5-13-7-9/h2-3,6,9,13,15H,4-5,7H2,1H3,(H,14,16). The Labute approximate surface area is 94.7 Å². The molecule has 0 saturated carbocycles. The molecular formula is C12H16N2O2. The van der Waals surface area contributed by atoms with Gasteiger partial charge in [-0.15, -0.1) is 0 Å². The van der Waals surface area contributed by atoms with E-state index in [9.17, 15) is 9.90 Å². The Hall–Kier alpha value is -1.55. The molecule has 1 atom stereocenters. The van der Waals surface area contributed by atoms with Gasteiger partial charge in [-0.05, 0) is 37.6 Å². The lowest BCUT2D eigenvalue weighted by Gasteiger charge is -2.11. The van der Waals surface area contributed by atoms with Gasteiger partial charge in [0, 0.05) is 6.54 Å². The summed E-state index contributed by atoms with van der Waals surface area (Å²) in [6.07, 6.45) is 0.860. The van der Waals surface area contributed by atoms with Crippen molar-refractivity contribution in [1.82, 2.24) is 5.32 Å². The topological polar surface area (TPSA) is 61.4 Å². The molecule has 1 aliphatic rings. The summed E-state index contributed by atoms with van der Waals surface area (Å²) in [6, 6.07) is 5.18. The van der Waals surface area contributed by atoms with E-state index in [2.05, 4.69) is 10.6 Å². The number of carbonyl (C=O) groups excluding carboxylic acids is 1. The summed E-state index contributed by atoms with van der Waals surface area (Å²) in [4.78, 5) is 11.8. The minimum Gasteiger partial charge on any atom is -0.506 e. The van der Waals surface area contributed by atoms with Gasteiger partial charge in [-0.1, -0.05) is 6.07 Å². The number of hydrogen-bond donors (Lipinski definition) is 3. The number of phenols is 1. The first kappa shape index (κ1) is 11.0. The summed E-state index contributed by atoms with van der Waals surface area (Å²) >= 11 is 0. The van der Waals surface area contributed by atoms with Gasteiger partial charge in [0.15, 0.2) is 0 Å². The normalized spacial score (nSPS) is 19.7. The van der Waals surface area contributed by atoms with E-state index in [1.807, 2.05) is 13.0 Å². The van der Waals surface area contributed by atoms with E-state index in [1.165, 1.54) is 0 Å². The molecule has 86 valence electrons. The molecule has 1 aliphatic heterocycles. The summed E-state index contributed by atoms with van der Waals surface area (Å²) in [5, 5.41) is 15.5. The third-order valence-corrected chi connectivity index (χ3v) is 2.84. The zero-order valence-corrected chi connectivity index (χ0v) is 9.29. The molecule has 1 amide bonds. The average molecular weight is 220 g/mol. The van der Waals surface area contributed by atoms with E-state index in [0.717, 1.165) is 25.1 Å². The van der Waals surface area contributed by atoms with E-state index in [-0.39, 0.29) is 17.6 Å². The molecule has 16 heavy (non-hydrogen) atoms. The summed E-state index contributed by atoms with van der Waals surface area (Å²) in [5.74, 6) is 0.107. The highest BCUT2D eigenvalue weighted by Gasteiger charge is 2.22. The lowest BCUT2D eigenvalue weighted by atomic mass is 10.1. The number of anilines is 1. The molecule has 1 saturated heterocycles. The van der Waals surface area contributed by atoms with Crippen LogP contribution in [0.1, 0.15) is 12.0 Å². The molecule has 0 spiro atoms. The van der Waals surface area contributed by atoms with E-state index in [1.54, 1.807) is 12.1 Å². The predicted octanol–water partition coefficient (Wildman–Crippen LogP) is 1.25. The predicted molar refractivity (Wildman–Crippen MR) is 62.5 cm³/mol. The maximum absolute atomic E-state index is 11.8. The largest absolute Gasteiger partial charge is 0.506 e. The van der Waals surface area contributed by atoms with Crippen LogP contribution in [-0.4, -0.2) is 24.1 Å². The number of rotatable bonds is 2. The van der Waals surface area contributed by atoms with Crippen molar-refractivity contribution in [3.63, 3.8) is 0 Å². The minimum atomic E-state index is -0.0223. The second-order valence-corrected chi connectivity index (χ2v) is 4.20. The van der Waals surface area contributed by atoms with Gasteiger partial charge < -0.3 is 15.7 Å². The fourth-order valence-electron chi connectivity index (χ4n) is 1.86. The monoisotopic (exact) mass is 220 g/mol. The lowest BCUT2D eigenvalue weighted by molar-refractivity contribution is -0.119. The van der Waals surface area contributed by atoms with Gasteiger partial charge in [0.2, 0.25) is 5.91 Å². The van der Waals surface area contributed by atoms with Crippen molar-refractivity contribution in [2.75, 3.05) is 18.4 Å². The van der Waals surface area contributed by atoms with Crippen molar-refractivity contribution in [2.45, 2.75) is 13.3 Å². The molecule has 4 nitrogen and oxygen atoms in total. The molecule has 1 aromatic carbocycles. The summed E-state index contributed by atoms with van der Waals surface area (Å²) in [7, 11) is 0. The Kier molecular flexibility index (Phi) is 3.10. The third kappa shape index (κ3) is 2.33. The van der Waals surface area contributed by atoms with Crippen molar-refractivity contribution in [3.05, 3.63) is 23.8 Å². The van der Waals surface area contributed by atoms with Gasteiger partial charge in [-0.2, -0.15) is 0 Å². The quantitative estimate of drug-likeness (QED) is 0.657. The number of hydrogen-bond acceptors (Lipinski definition) is 3. The molecule has 0 aromatic heterocycles. The zero-order valence-electron chi connectivity index (χ0n) is 9.29. The number of phenolic OH excluding ortho intramolecular Hbond substituents is 1. The Bertz CT molecular complexity index is 398. The van der Waals surface area contributed by atoms with Crippen LogP contribution in [0.5, 0.6) is 5.75 Å². The molecular weight excluding hydrogens is 204 g/mol. The van der Waals surface area contributed by atoms with Crippen LogP contribution in [0, 0.1) is 12.8 Å². The molecule has 1 heterocycles. The Morgan fingerprint density at radius 2 is 2.38 bits per heavy atom. The molecule has 0 radical (unpaired) electrons. The smallest absolute Gasteiger partial charge is 0.228 e. The highest BCUT2D eigenvalue weighted by atomic mass is 16.3. The van der Waals surface area contributed by atoms with E-state index in [4.69, 9.17) is 0 Å². The highest BCUT2D eigenvalue weighted by molar-refractivity contribution is 5.94. The summed E-state index contributed by atoms with van der Waals surface area (Å²) < 4.78 is 0. The van der Waals surface area contributed by atoms with Gasteiger partial charge >= 0.3 is 0 Å². The van der Waals surface area contributed by atoms with Crippen molar-refractivity contribution in [2.24, 2.45) is 5.92 Å². The second kappa shape index (κ2) is 4.53. The van der Waals surface area contributed by atoms with E-state index in [0.29, 0.717) is 5.69 Å². The molecule has 1 unspecified atom stereocenters. The third-order valence-electron chi connectivity index (χ3n) is 2.84. The van der Waals surface area contributed by atoms with Crippen molar-refractivity contribution >= 4 is 11.6 Å². The molecule has 2 rings (SSSR count). The lowest BCUT2D eigenvalue weighted by Crippen LogP contribution is -2.24. The van der Waals surface area contributed by atoms with Gasteiger partial charge in [0.25, 0.3) is 0 Å². The van der Waals surface area contributed by atoms with Crippen LogP contribution in [-0.2, 0) is 4.79 Å². The molecule has 4 heteroatoms. The fraction of sp³-hybridized carbons (Fsp3) is 0.417. The minimum absolute atomic E-state index is 0.0138. The maximum atomic E-state index is 11.8. The first-order valence-corrected chi connectivity index (χ1v) is 5.48. The van der Waals surface area contributed by atoms with Crippen LogP contribution in [0.3, 0.4) is 0 Å².